The van der Waals surface area contributed by atoms with Crippen LogP contribution in [0.4, 0.5) is 4.39 Å². The molecular weight excluding hydrogens is 261 g/mol. The number of carbonyl (C=O) groups is 1. The Morgan fingerprint density at radius 3 is 2.61 bits per heavy atom. The second-order valence-corrected chi connectivity index (χ2v) is 5.51. The van der Waals surface area contributed by atoms with Crippen molar-refractivity contribution in [1.82, 2.24) is 4.72 Å². The molecule has 5 nitrogen and oxygen atoms in total. The van der Waals surface area contributed by atoms with E-state index in [1.807, 2.05) is 4.72 Å². The number of aliphatic carboxylic acids is 1. The van der Waals surface area contributed by atoms with E-state index in [4.69, 9.17) is 5.11 Å². The molecule has 0 bridgehead atoms. The van der Waals surface area contributed by atoms with E-state index < -0.39 is 27.9 Å². The molecule has 1 rings (SSSR count). The molecule has 0 radical (unpaired) electrons. The van der Waals surface area contributed by atoms with E-state index in [0.29, 0.717) is 5.56 Å². The Kier molecular flexibility index (Phi) is 4.42. The number of aryl methyl sites for hydroxylation is 1. The predicted octanol–water partition coefficient (Wildman–Crippen LogP) is 1.28. The minimum Gasteiger partial charge on any atom is -0.480 e. The first-order valence-corrected chi connectivity index (χ1v) is 6.77. The van der Waals surface area contributed by atoms with E-state index in [9.17, 15) is 17.6 Å². The second kappa shape index (κ2) is 5.45. The number of benzene rings is 1. The molecule has 2 N–H and O–H groups in total. The van der Waals surface area contributed by atoms with E-state index in [-0.39, 0.29) is 11.3 Å². The van der Waals surface area contributed by atoms with Gasteiger partial charge in [0.15, 0.2) is 0 Å². The molecule has 1 aromatic carbocycles. The summed E-state index contributed by atoms with van der Waals surface area (Å²) in [4.78, 5) is 10.5. The minimum absolute atomic E-state index is 0.100. The summed E-state index contributed by atoms with van der Waals surface area (Å²) in [6.45, 7) is 3.05. The average molecular weight is 275 g/mol. The normalized spacial score (nSPS) is 13.3. The van der Waals surface area contributed by atoms with Crippen LogP contribution < -0.4 is 4.72 Å². The molecule has 7 heteroatoms. The van der Waals surface area contributed by atoms with Gasteiger partial charge in [-0.1, -0.05) is 13.0 Å². The monoisotopic (exact) mass is 275 g/mol. The van der Waals surface area contributed by atoms with Crippen LogP contribution in [0.3, 0.4) is 0 Å². The molecular formula is C11H14FNO4S. The number of sulfonamides is 1. The molecule has 0 heterocycles. The molecule has 100 valence electrons. The number of hydrogen-bond donors (Lipinski definition) is 2. The van der Waals surface area contributed by atoms with E-state index in [1.165, 1.54) is 13.0 Å². The summed E-state index contributed by atoms with van der Waals surface area (Å²) in [5.74, 6) is -1.96. The first kappa shape index (κ1) is 14.6. The highest BCUT2D eigenvalue weighted by Crippen LogP contribution is 2.16. The molecule has 0 aromatic heterocycles. The summed E-state index contributed by atoms with van der Waals surface area (Å²) in [5, 5.41) is 8.81. The Labute approximate surface area is 105 Å². The van der Waals surface area contributed by atoms with Crippen LogP contribution in [-0.2, 0) is 14.8 Å². The zero-order valence-corrected chi connectivity index (χ0v) is 10.8. The number of halogens is 1. The van der Waals surface area contributed by atoms with Crippen molar-refractivity contribution in [2.75, 3.05) is 0 Å². The summed E-state index contributed by atoms with van der Waals surface area (Å²) in [5.41, 5.74) is 0.351. The van der Waals surface area contributed by atoms with Crippen molar-refractivity contribution in [1.29, 1.82) is 0 Å². The van der Waals surface area contributed by atoms with Crippen molar-refractivity contribution in [2.45, 2.75) is 31.2 Å². The van der Waals surface area contributed by atoms with Crippen LogP contribution in [0.15, 0.2) is 23.1 Å². The zero-order chi connectivity index (χ0) is 13.9. The summed E-state index contributed by atoms with van der Waals surface area (Å²) < 4.78 is 39.0. The quantitative estimate of drug-likeness (QED) is 0.847. The minimum atomic E-state index is -4.04. The van der Waals surface area contributed by atoms with Crippen LogP contribution in [0.1, 0.15) is 18.9 Å². The second-order valence-electron chi connectivity index (χ2n) is 3.83. The largest absolute Gasteiger partial charge is 0.480 e. The highest BCUT2D eigenvalue weighted by molar-refractivity contribution is 7.89. The Hall–Kier alpha value is -1.47. The van der Waals surface area contributed by atoms with Gasteiger partial charge in [0.05, 0.1) is 4.90 Å². The fraction of sp³-hybridized carbons (Fsp3) is 0.364. The lowest BCUT2D eigenvalue weighted by atomic mass is 10.2. The van der Waals surface area contributed by atoms with Crippen LogP contribution >= 0.6 is 0 Å². The van der Waals surface area contributed by atoms with Gasteiger partial charge in [0.25, 0.3) is 0 Å². The smallest absolute Gasteiger partial charge is 0.321 e. The van der Waals surface area contributed by atoms with Crippen molar-refractivity contribution in [3.8, 4) is 0 Å². The van der Waals surface area contributed by atoms with Crippen LogP contribution in [0, 0.1) is 12.7 Å². The summed E-state index contributed by atoms with van der Waals surface area (Å²) in [6.07, 6.45) is 0.100. The molecule has 18 heavy (non-hydrogen) atoms. The van der Waals surface area contributed by atoms with Gasteiger partial charge in [0, 0.05) is 0 Å². The lowest BCUT2D eigenvalue weighted by Crippen LogP contribution is -2.40. The van der Waals surface area contributed by atoms with Crippen LogP contribution in [0.2, 0.25) is 0 Å². The standard InChI is InChI=1S/C11H14FNO4S/c1-3-9(11(14)15)13-18(16,17)10-6-8(12)5-4-7(10)2/h4-6,9,13H,3H2,1-2H3,(H,14,15)/t9-/m1/s1. The third-order valence-corrected chi connectivity index (χ3v) is 4.06. The maximum absolute atomic E-state index is 13.0. The Balaban J connectivity index is 3.14. The maximum atomic E-state index is 13.0. The van der Waals surface area contributed by atoms with Gasteiger partial charge in [-0.15, -0.1) is 0 Å². The topological polar surface area (TPSA) is 83.5 Å². The fourth-order valence-corrected chi connectivity index (χ4v) is 2.95. The molecule has 1 atom stereocenters. The molecule has 0 aliphatic rings. The van der Waals surface area contributed by atoms with E-state index in [0.717, 1.165) is 12.1 Å². The van der Waals surface area contributed by atoms with Gasteiger partial charge < -0.3 is 5.11 Å². The highest BCUT2D eigenvalue weighted by atomic mass is 32.2. The number of carboxylic acid groups (broad SMARTS) is 1. The molecule has 0 saturated carbocycles. The van der Waals surface area contributed by atoms with Crippen molar-refractivity contribution >= 4 is 16.0 Å². The van der Waals surface area contributed by atoms with Crippen molar-refractivity contribution in [2.24, 2.45) is 0 Å². The number of carboxylic acids is 1. The molecule has 0 fully saturated rings. The molecule has 0 saturated heterocycles. The number of rotatable bonds is 5. The molecule has 0 aliphatic heterocycles. The number of hydrogen-bond acceptors (Lipinski definition) is 3. The van der Waals surface area contributed by atoms with Gasteiger partial charge in [0.1, 0.15) is 11.9 Å². The molecule has 0 aliphatic carbocycles. The third kappa shape index (κ3) is 3.27. The van der Waals surface area contributed by atoms with Crippen LogP contribution in [0.25, 0.3) is 0 Å². The lowest BCUT2D eigenvalue weighted by molar-refractivity contribution is -0.139. The lowest BCUT2D eigenvalue weighted by Gasteiger charge is -2.14. The average Bonchev–Trinajstić information content (AvgIpc) is 2.28. The number of nitrogens with one attached hydrogen (secondary N) is 1. The zero-order valence-electron chi connectivity index (χ0n) is 9.97. The van der Waals surface area contributed by atoms with Crippen molar-refractivity contribution in [3.63, 3.8) is 0 Å². The van der Waals surface area contributed by atoms with E-state index in [2.05, 4.69) is 0 Å². The first-order valence-electron chi connectivity index (χ1n) is 5.29. The summed E-state index contributed by atoms with van der Waals surface area (Å²) in [6, 6.07) is 2.11. The highest BCUT2D eigenvalue weighted by Gasteiger charge is 2.25. The fourth-order valence-electron chi connectivity index (χ4n) is 1.42. The van der Waals surface area contributed by atoms with Gasteiger partial charge in [-0.2, -0.15) is 4.72 Å². The summed E-state index contributed by atoms with van der Waals surface area (Å²) in [7, 11) is -4.04. The Morgan fingerprint density at radius 1 is 1.50 bits per heavy atom. The van der Waals surface area contributed by atoms with Gasteiger partial charge in [0.2, 0.25) is 10.0 Å². The maximum Gasteiger partial charge on any atom is 0.321 e. The van der Waals surface area contributed by atoms with Gasteiger partial charge in [-0.3, -0.25) is 4.79 Å². The molecule has 1 aromatic rings. The summed E-state index contributed by atoms with van der Waals surface area (Å²) >= 11 is 0. The van der Waals surface area contributed by atoms with Crippen LogP contribution in [0.5, 0.6) is 0 Å². The van der Waals surface area contributed by atoms with Gasteiger partial charge in [-0.05, 0) is 31.0 Å². The van der Waals surface area contributed by atoms with E-state index in [1.54, 1.807) is 6.92 Å². The Morgan fingerprint density at radius 2 is 2.11 bits per heavy atom. The third-order valence-electron chi connectivity index (χ3n) is 2.44. The van der Waals surface area contributed by atoms with Crippen molar-refractivity contribution < 1.29 is 22.7 Å². The van der Waals surface area contributed by atoms with Crippen LogP contribution in [-0.4, -0.2) is 25.5 Å². The molecule has 0 unspecified atom stereocenters. The van der Waals surface area contributed by atoms with Gasteiger partial charge >= 0.3 is 5.97 Å². The Bertz CT molecular complexity index is 556. The van der Waals surface area contributed by atoms with Gasteiger partial charge in [-0.25, -0.2) is 12.8 Å². The van der Waals surface area contributed by atoms with Crippen molar-refractivity contribution in [3.05, 3.63) is 29.6 Å². The predicted molar refractivity (Wildman–Crippen MR) is 63.2 cm³/mol. The SMILES string of the molecule is CC[C@@H](NS(=O)(=O)c1cc(F)ccc1C)C(=O)O. The molecule has 0 spiro atoms. The first-order chi connectivity index (χ1) is 8.27. The molecule has 0 amide bonds. The van der Waals surface area contributed by atoms with E-state index >= 15 is 0 Å².